The molecule has 0 unspecified atom stereocenters. The van der Waals surface area contributed by atoms with E-state index in [-0.39, 0.29) is 28.1 Å². The number of hydrogen-bond donors (Lipinski definition) is 2. The molecule has 0 aliphatic heterocycles. The number of carbonyl (C=O) groups is 3. The van der Waals surface area contributed by atoms with Gasteiger partial charge in [-0.15, -0.1) is 0 Å². The summed E-state index contributed by atoms with van der Waals surface area (Å²) in [4.78, 5) is 53.7. The first-order valence-electron chi connectivity index (χ1n) is 9.74. The zero-order valence-corrected chi connectivity index (χ0v) is 18.6. The Morgan fingerprint density at radius 1 is 1.12 bits per heavy atom. The zero-order valence-electron chi connectivity index (χ0n) is 17.7. The van der Waals surface area contributed by atoms with Crippen molar-refractivity contribution in [1.82, 2.24) is 20.2 Å². The minimum Gasteiger partial charge on any atom is -0.465 e. The maximum absolute atomic E-state index is 13.3. The molecule has 1 heterocycles. The van der Waals surface area contributed by atoms with Crippen molar-refractivity contribution in [3.05, 3.63) is 64.4 Å². The molecule has 0 aliphatic rings. The van der Waals surface area contributed by atoms with E-state index in [1.165, 1.54) is 29.9 Å². The number of imide groups is 1. The SMILES string of the molecule is COC(=O)c1ccc2c(=O)n(-c3ccccc3)c(SCC(=O)NC(=O)NC(C)C)nc2c1. The zero-order chi connectivity index (χ0) is 23.3. The smallest absolute Gasteiger partial charge is 0.337 e. The third-order valence-corrected chi connectivity index (χ3v) is 5.22. The van der Waals surface area contributed by atoms with Gasteiger partial charge in [-0.3, -0.25) is 19.5 Å². The first-order chi connectivity index (χ1) is 15.3. The van der Waals surface area contributed by atoms with E-state index in [0.717, 1.165) is 11.8 Å². The van der Waals surface area contributed by atoms with E-state index in [2.05, 4.69) is 15.6 Å². The second-order valence-electron chi connectivity index (χ2n) is 7.06. The predicted octanol–water partition coefficient (Wildman–Crippen LogP) is 2.50. The molecular formula is C22H22N4O5S. The standard InChI is InChI=1S/C22H22N4O5S/c1-13(2)23-21(30)25-18(27)12-32-22-24-17-11-14(20(29)31-3)9-10-16(17)19(28)26(22)15-7-5-4-6-8-15/h4-11,13H,12H2,1-3H3,(H2,23,25,27,30). The molecule has 0 atom stereocenters. The van der Waals surface area contributed by atoms with Gasteiger partial charge in [-0.05, 0) is 44.2 Å². The topological polar surface area (TPSA) is 119 Å². The van der Waals surface area contributed by atoms with E-state index in [1.54, 1.807) is 38.1 Å². The first kappa shape index (κ1) is 23.0. The van der Waals surface area contributed by atoms with Crippen molar-refractivity contribution in [3.63, 3.8) is 0 Å². The Morgan fingerprint density at radius 3 is 2.50 bits per heavy atom. The number of fused-ring (bicyclic) bond motifs is 1. The fourth-order valence-corrected chi connectivity index (χ4v) is 3.72. The molecule has 0 aliphatic carbocycles. The van der Waals surface area contributed by atoms with Crippen LogP contribution in [0.25, 0.3) is 16.6 Å². The largest absolute Gasteiger partial charge is 0.465 e. The minimum absolute atomic E-state index is 0.120. The van der Waals surface area contributed by atoms with E-state index in [0.29, 0.717) is 16.6 Å². The van der Waals surface area contributed by atoms with Crippen molar-refractivity contribution in [1.29, 1.82) is 0 Å². The molecule has 0 radical (unpaired) electrons. The molecule has 0 saturated carbocycles. The summed E-state index contributed by atoms with van der Waals surface area (Å²) in [6.45, 7) is 3.55. The van der Waals surface area contributed by atoms with Crippen LogP contribution in [0.3, 0.4) is 0 Å². The molecule has 3 amide bonds. The van der Waals surface area contributed by atoms with Crippen LogP contribution in [0.2, 0.25) is 0 Å². The number of rotatable bonds is 6. The number of ether oxygens (including phenoxy) is 1. The molecule has 1 aromatic heterocycles. The number of esters is 1. The number of methoxy groups -OCH3 is 1. The molecule has 3 rings (SSSR count). The molecule has 0 saturated heterocycles. The highest BCUT2D eigenvalue weighted by atomic mass is 32.2. The second-order valence-corrected chi connectivity index (χ2v) is 8.00. The quantitative estimate of drug-likeness (QED) is 0.334. The lowest BCUT2D eigenvalue weighted by Gasteiger charge is -2.14. The average Bonchev–Trinajstić information content (AvgIpc) is 2.76. The molecule has 2 aromatic carbocycles. The fraction of sp³-hybridized carbons (Fsp3) is 0.227. The molecule has 3 aromatic rings. The van der Waals surface area contributed by atoms with Gasteiger partial charge in [0, 0.05) is 6.04 Å². The van der Waals surface area contributed by atoms with Gasteiger partial charge in [0.2, 0.25) is 5.91 Å². The lowest BCUT2D eigenvalue weighted by atomic mass is 10.1. The summed E-state index contributed by atoms with van der Waals surface area (Å²) in [6, 6.07) is 12.7. The van der Waals surface area contributed by atoms with E-state index in [9.17, 15) is 19.2 Å². The summed E-state index contributed by atoms with van der Waals surface area (Å²) in [7, 11) is 1.27. The van der Waals surface area contributed by atoms with Crippen molar-refractivity contribution in [2.24, 2.45) is 0 Å². The molecule has 32 heavy (non-hydrogen) atoms. The number of benzene rings is 2. The third kappa shape index (κ3) is 5.33. The van der Waals surface area contributed by atoms with Gasteiger partial charge in [0.05, 0.1) is 35.0 Å². The molecule has 166 valence electrons. The summed E-state index contributed by atoms with van der Waals surface area (Å²) < 4.78 is 6.13. The van der Waals surface area contributed by atoms with Crippen molar-refractivity contribution >= 4 is 40.6 Å². The minimum atomic E-state index is -0.597. The lowest BCUT2D eigenvalue weighted by Crippen LogP contribution is -2.43. The van der Waals surface area contributed by atoms with Crippen molar-refractivity contribution in [3.8, 4) is 5.69 Å². The van der Waals surface area contributed by atoms with Crippen LogP contribution in [0, 0.1) is 0 Å². The predicted molar refractivity (Wildman–Crippen MR) is 121 cm³/mol. The Labute approximate surface area is 188 Å². The van der Waals surface area contributed by atoms with Gasteiger partial charge in [0.1, 0.15) is 0 Å². The number of nitrogens with zero attached hydrogens (tertiary/aromatic N) is 2. The Bertz CT molecular complexity index is 1220. The highest BCUT2D eigenvalue weighted by Gasteiger charge is 2.17. The van der Waals surface area contributed by atoms with Crippen molar-refractivity contribution in [2.75, 3.05) is 12.9 Å². The highest BCUT2D eigenvalue weighted by molar-refractivity contribution is 7.99. The Morgan fingerprint density at radius 2 is 1.84 bits per heavy atom. The Hall–Kier alpha value is -3.66. The van der Waals surface area contributed by atoms with Crippen LogP contribution in [0.1, 0.15) is 24.2 Å². The van der Waals surface area contributed by atoms with Crippen LogP contribution in [0.5, 0.6) is 0 Å². The van der Waals surface area contributed by atoms with Crippen LogP contribution >= 0.6 is 11.8 Å². The van der Waals surface area contributed by atoms with Crippen LogP contribution in [-0.4, -0.2) is 46.4 Å². The number of nitrogens with one attached hydrogen (secondary N) is 2. The first-order valence-corrected chi connectivity index (χ1v) is 10.7. The van der Waals surface area contributed by atoms with Crippen LogP contribution < -0.4 is 16.2 Å². The summed E-state index contributed by atoms with van der Waals surface area (Å²) in [6.07, 6.45) is 0. The van der Waals surface area contributed by atoms with Gasteiger partial charge in [-0.25, -0.2) is 14.6 Å². The molecule has 10 heteroatoms. The normalized spacial score (nSPS) is 10.8. The maximum Gasteiger partial charge on any atom is 0.337 e. The monoisotopic (exact) mass is 454 g/mol. The Balaban J connectivity index is 2.00. The maximum atomic E-state index is 13.3. The van der Waals surface area contributed by atoms with Gasteiger partial charge in [-0.1, -0.05) is 30.0 Å². The van der Waals surface area contributed by atoms with E-state index in [1.807, 2.05) is 6.07 Å². The van der Waals surface area contributed by atoms with Gasteiger partial charge in [0.15, 0.2) is 5.16 Å². The Kier molecular flexibility index (Phi) is 7.26. The van der Waals surface area contributed by atoms with E-state index >= 15 is 0 Å². The van der Waals surface area contributed by atoms with Crippen LogP contribution in [-0.2, 0) is 9.53 Å². The lowest BCUT2D eigenvalue weighted by molar-refractivity contribution is -0.117. The number of carbonyl (C=O) groups excluding carboxylic acids is 3. The van der Waals surface area contributed by atoms with Crippen LogP contribution in [0.15, 0.2) is 58.5 Å². The number of aromatic nitrogens is 2. The molecule has 9 nitrogen and oxygen atoms in total. The van der Waals surface area contributed by atoms with Crippen LogP contribution in [0.4, 0.5) is 4.79 Å². The molecule has 0 spiro atoms. The van der Waals surface area contributed by atoms with Crippen molar-refractivity contribution in [2.45, 2.75) is 25.0 Å². The number of thioether (sulfide) groups is 1. The summed E-state index contributed by atoms with van der Waals surface area (Å²) in [5.41, 5.74) is 0.774. The molecule has 0 bridgehead atoms. The average molecular weight is 455 g/mol. The number of amides is 3. The van der Waals surface area contributed by atoms with Gasteiger partial charge in [0.25, 0.3) is 5.56 Å². The number of hydrogen-bond acceptors (Lipinski definition) is 7. The van der Waals surface area contributed by atoms with Crippen molar-refractivity contribution < 1.29 is 19.1 Å². The number of para-hydroxylation sites is 1. The molecular weight excluding hydrogens is 432 g/mol. The molecule has 0 fully saturated rings. The van der Waals surface area contributed by atoms with E-state index < -0.39 is 17.9 Å². The highest BCUT2D eigenvalue weighted by Crippen LogP contribution is 2.22. The third-order valence-electron chi connectivity index (χ3n) is 4.28. The van der Waals surface area contributed by atoms with E-state index in [4.69, 9.17) is 4.74 Å². The van der Waals surface area contributed by atoms with Gasteiger partial charge < -0.3 is 10.1 Å². The summed E-state index contributed by atoms with van der Waals surface area (Å²) in [5.74, 6) is -1.23. The second kappa shape index (κ2) is 10.1. The summed E-state index contributed by atoms with van der Waals surface area (Å²) >= 11 is 1.00. The van der Waals surface area contributed by atoms with Gasteiger partial charge in [-0.2, -0.15) is 0 Å². The fourth-order valence-electron chi connectivity index (χ4n) is 2.90. The summed E-state index contributed by atoms with van der Waals surface area (Å²) in [5, 5.41) is 5.37. The number of urea groups is 1. The van der Waals surface area contributed by atoms with Gasteiger partial charge >= 0.3 is 12.0 Å². The molecule has 2 N–H and O–H groups in total.